The second-order valence-electron chi connectivity index (χ2n) is 3.49. The molecule has 1 aromatic heterocycles. The van der Waals surface area contributed by atoms with Gasteiger partial charge >= 0.3 is 5.97 Å². The Hall–Kier alpha value is -1.20. The molecule has 88 valence electrons. The van der Waals surface area contributed by atoms with Crippen LogP contribution in [0.4, 0.5) is 4.39 Å². The SMILES string of the molecule is Cc1c(-c2ccccc2F)sc(Br)c1C(=O)O. The highest BCUT2D eigenvalue weighted by Gasteiger charge is 2.21. The molecule has 0 atom stereocenters. The molecule has 0 spiro atoms. The zero-order valence-corrected chi connectivity index (χ0v) is 11.2. The van der Waals surface area contributed by atoms with E-state index in [0.29, 0.717) is 19.8 Å². The van der Waals surface area contributed by atoms with E-state index in [0.717, 1.165) is 0 Å². The van der Waals surface area contributed by atoms with Gasteiger partial charge in [-0.2, -0.15) is 0 Å². The van der Waals surface area contributed by atoms with Crippen molar-refractivity contribution in [2.45, 2.75) is 6.92 Å². The van der Waals surface area contributed by atoms with Crippen LogP contribution in [0.3, 0.4) is 0 Å². The van der Waals surface area contributed by atoms with Crippen LogP contribution in [0.25, 0.3) is 10.4 Å². The van der Waals surface area contributed by atoms with Gasteiger partial charge in [-0.1, -0.05) is 18.2 Å². The fourth-order valence-corrected chi connectivity index (χ4v) is 3.63. The summed E-state index contributed by atoms with van der Waals surface area (Å²) in [4.78, 5) is 11.7. The first-order chi connectivity index (χ1) is 8.02. The number of benzene rings is 1. The summed E-state index contributed by atoms with van der Waals surface area (Å²) in [5.74, 6) is -1.35. The molecular weight excluding hydrogens is 307 g/mol. The third-order valence-electron chi connectivity index (χ3n) is 2.44. The van der Waals surface area contributed by atoms with Gasteiger partial charge in [0.15, 0.2) is 0 Å². The smallest absolute Gasteiger partial charge is 0.338 e. The number of hydrogen-bond donors (Lipinski definition) is 1. The molecular formula is C12H8BrFO2S. The second-order valence-corrected chi connectivity index (χ2v) is 5.83. The minimum absolute atomic E-state index is 0.202. The van der Waals surface area contributed by atoms with Crippen LogP contribution in [0.2, 0.25) is 0 Å². The predicted octanol–water partition coefficient (Wildman–Crippen LogP) is 4.32. The summed E-state index contributed by atoms with van der Waals surface area (Å²) in [6, 6.07) is 6.34. The monoisotopic (exact) mass is 314 g/mol. The molecule has 1 aromatic carbocycles. The van der Waals surface area contributed by atoms with Gasteiger partial charge in [-0.05, 0) is 34.5 Å². The molecule has 0 aliphatic heterocycles. The minimum atomic E-state index is -1.01. The summed E-state index contributed by atoms with van der Waals surface area (Å²) in [5, 5.41) is 9.06. The lowest BCUT2D eigenvalue weighted by Gasteiger charge is -2.01. The van der Waals surface area contributed by atoms with E-state index in [1.807, 2.05) is 0 Å². The Balaban J connectivity index is 2.66. The molecule has 2 nitrogen and oxygen atoms in total. The molecule has 0 radical (unpaired) electrons. The predicted molar refractivity (Wildman–Crippen MR) is 69.1 cm³/mol. The maximum Gasteiger partial charge on any atom is 0.338 e. The van der Waals surface area contributed by atoms with Gasteiger partial charge in [0.25, 0.3) is 0 Å². The van der Waals surface area contributed by atoms with E-state index >= 15 is 0 Å². The first-order valence-electron chi connectivity index (χ1n) is 4.79. The highest BCUT2D eigenvalue weighted by atomic mass is 79.9. The topological polar surface area (TPSA) is 37.3 Å². The molecule has 0 saturated carbocycles. The van der Waals surface area contributed by atoms with Crippen LogP contribution in [0.1, 0.15) is 15.9 Å². The zero-order chi connectivity index (χ0) is 12.6. The first-order valence-corrected chi connectivity index (χ1v) is 6.40. The molecule has 0 unspecified atom stereocenters. The molecule has 1 N–H and O–H groups in total. The van der Waals surface area contributed by atoms with E-state index in [4.69, 9.17) is 5.11 Å². The summed E-state index contributed by atoms with van der Waals surface area (Å²) in [6.45, 7) is 1.69. The Labute approximate surface area is 110 Å². The van der Waals surface area contributed by atoms with E-state index in [2.05, 4.69) is 15.9 Å². The van der Waals surface area contributed by atoms with Crippen LogP contribution in [-0.4, -0.2) is 11.1 Å². The molecule has 0 aliphatic carbocycles. The van der Waals surface area contributed by atoms with Gasteiger partial charge < -0.3 is 5.11 Å². The van der Waals surface area contributed by atoms with Crippen LogP contribution < -0.4 is 0 Å². The van der Waals surface area contributed by atoms with Crippen LogP contribution in [0.15, 0.2) is 28.1 Å². The molecule has 0 amide bonds. The maximum absolute atomic E-state index is 13.6. The van der Waals surface area contributed by atoms with Crippen molar-refractivity contribution in [2.24, 2.45) is 0 Å². The Kier molecular flexibility index (Phi) is 3.31. The lowest BCUT2D eigenvalue weighted by Crippen LogP contribution is -1.97. The number of carboxylic acid groups (broad SMARTS) is 1. The van der Waals surface area contributed by atoms with Crippen LogP contribution in [0.5, 0.6) is 0 Å². The zero-order valence-electron chi connectivity index (χ0n) is 8.83. The van der Waals surface area contributed by atoms with Crippen LogP contribution >= 0.6 is 27.3 Å². The van der Waals surface area contributed by atoms with Gasteiger partial charge in [-0.15, -0.1) is 11.3 Å². The second kappa shape index (κ2) is 4.58. The third-order valence-corrected chi connectivity index (χ3v) is 4.43. The molecule has 0 aliphatic rings. The van der Waals surface area contributed by atoms with Crippen molar-refractivity contribution in [3.05, 3.63) is 45.0 Å². The Morgan fingerprint density at radius 1 is 1.41 bits per heavy atom. The van der Waals surface area contributed by atoms with Gasteiger partial charge in [0.1, 0.15) is 5.82 Å². The van der Waals surface area contributed by atoms with E-state index in [-0.39, 0.29) is 11.4 Å². The molecule has 0 saturated heterocycles. The standard InChI is InChI=1S/C12H8BrFO2S/c1-6-9(12(15)16)11(13)17-10(6)7-4-2-3-5-8(7)14/h2-5H,1H3,(H,15,16). The van der Waals surface area contributed by atoms with Crippen molar-refractivity contribution in [3.63, 3.8) is 0 Å². The average Bonchev–Trinajstić information content (AvgIpc) is 2.55. The Morgan fingerprint density at radius 2 is 2.06 bits per heavy atom. The molecule has 5 heteroatoms. The van der Waals surface area contributed by atoms with Gasteiger partial charge in [-0.3, -0.25) is 0 Å². The summed E-state index contributed by atoms with van der Waals surface area (Å²) in [6.07, 6.45) is 0. The maximum atomic E-state index is 13.6. The van der Waals surface area contributed by atoms with Crippen molar-refractivity contribution in [2.75, 3.05) is 0 Å². The van der Waals surface area contributed by atoms with Crippen LogP contribution in [0, 0.1) is 12.7 Å². The van der Waals surface area contributed by atoms with Gasteiger partial charge in [0.05, 0.1) is 9.35 Å². The number of halogens is 2. The Bertz CT molecular complexity index is 592. The molecule has 0 bridgehead atoms. The van der Waals surface area contributed by atoms with Gasteiger partial charge in [-0.25, -0.2) is 9.18 Å². The molecule has 1 heterocycles. The largest absolute Gasteiger partial charge is 0.478 e. The number of rotatable bonds is 2. The highest BCUT2D eigenvalue weighted by molar-refractivity contribution is 9.11. The fraction of sp³-hybridized carbons (Fsp3) is 0.0833. The van der Waals surface area contributed by atoms with Crippen LogP contribution in [-0.2, 0) is 0 Å². The lowest BCUT2D eigenvalue weighted by atomic mass is 10.1. The van der Waals surface area contributed by atoms with Crippen molar-refractivity contribution < 1.29 is 14.3 Å². The number of aromatic carboxylic acids is 1. The molecule has 2 aromatic rings. The summed E-state index contributed by atoms with van der Waals surface area (Å²) >= 11 is 4.44. The van der Waals surface area contributed by atoms with Crippen molar-refractivity contribution in [3.8, 4) is 10.4 Å². The Morgan fingerprint density at radius 3 is 2.59 bits per heavy atom. The van der Waals surface area contributed by atoms with Crippen molar-refractivity contribution in [1.82, 2.24) is 0 Å². The molecule has 2 rings (SSSR count). The van der Waals surface area contributed by atoms with Crippen molar-refractivity contribution >= 4 is 33.2 Å². The molecule has 17 heavy (non-hydrogen) atoms. The average molecular weight is 315 g/mol. The van der Waals surface area contributed by atoms with Crippen molar-refractivity contribution in [1.29, 1.82) is 0 Å². The highest BCUT2D eigenvalue weighted by Crippen LogP contribution is 2.40. The molecule has 0 fully saturated rings. The van der Waals surface area contributed by atoms with Gasteiger partial charge in [0, 0.05) is 10.4 Å². The number of carboxylic acids is 1. The first kappa shape index (κ1) is 12.3. The summed E-state index contributed by atoms with van der Waals surface area (Å²) in [7, 11) is 0. The number of thiophene rings is 1. The quantitative estimate of drug-likeness (QED) is 0.896. The van der Waals surface area contributed by atoms with E-state index in [1.54, 1.807) is 25.1 Å². The summed E-state index contributed by atoms with van der Waals surface area (Å²) < 4.78 is 14.2. The number of hydrogen-bond acceptors (Lipinski definition) is 2. The van der Waals surface area contributed by atoms with E-state index in [1.165, 1.54) is 17.4 Å². The third kappa shape index (κ3) is 2.12. The fourth-order valence-electron chi connectivity index (χ4n) is 1.62. The lowest BCUT2D eigenvalue weighted by molar-refractivity contribution is 0.0696. The number of carbonyl (C=O) groups is 1. The van der Waals surface area contributed by atoms with E-state index < -0.39 is 5.97 Å². The summed E-state index contributed by atoms with van der Waals surface area (Å²) in [5.41, 5.74) is 1.22. The minimum Gasteiger partial charge on any atom is -0.478 e. The van der Waals surface area contributed by atoms with E-state index in [9.17, 15) is 9.18 Å². The van der Waals surface area contributed by atoms with Gasteiger partial charge in [0.2, 0.25) is 0 Å². The normalized spacial score (nSPS) is 10.5.